The second-order valence-electron chi connectivity index (χ2n) is 3.91. The van der Waals surface area contributed by atoms with E-state index in [-0.39, 0.29) is 0 Å². The molecule has 2 heterocycles. The van der Waals surface area contributed by atoms with E-state index in [2.05, 4.69) is 4.98 Å². The minimum absolute atomic E-state index is 0.487. The van der Waals surface area contributed by atoms with Crippen LogP contribution in [0.3, 0.4) is 0 Å². The predicted molar refractivity (Wildman–Crippen MR) is 63.3 cm³/mol. The van der Waals surface area contributed by atoms with E-state index in [4.69, 9.17) is 5.41 Å². The van der Waals surface area contributed by atoms with Gasteiger partial charge in [-0.05, 0) is 36.8 Å². The van der Waals surface area contributed by atoms with Crippen LogP contribution in [0.15, 0.2) is 42.6 Å². The molecule has 3 nitrogen and oxygen atoms in total. The maximum absolute atomic E-state index is 8.13. The largest absolute Gasteiger partial charge is 0.286 e. The van der Waals surface area contributed by atoms with Gasteiger partial charge in [0.2, 0.25) is 0 Å². The van der Waals surface area contributed by atoms with E-state index >= 15 is 0 Å². The highest BCUT2D eigenvalue weighted by Gasteiger charge is 2.01. The summed E-state index contributed by atoms with van der Waals surface area (Å²) in [7, 11) is 0. The lowest BCUT2D eigenvalue weighted by Crippen LogP contribution is -2.14. The molecule has 3 rings (SSSR count). The van der Waals surface area contributed by atoms with Crippen LogP contribution in [-0.4, -0.2) is 9.38 Å². The van der Waals surface area contributed by atoms with Crippen LogP contribution in [0.2, 0.25) is 0 Å². The third-order valence-corrected chi connectivity index (χ3v) is 2.72. The van der Waals surface area contributed by atoms with Crippen molar-refractivity contribution in [2.45, 2.75) is 6.92 Å². The number of nitrogens with one attached hydrogen (secondary N) is 1. The van der Waals surface area contributed by atoms with Gasteiger partial charge in [-0.15, -0.1) is 0 Å². The molecule has 3 heteroatoms. The van der Waals surface area contributed by atoms with E-state index in [0.717, 1.165) is 16.6 Å². The summed E-state index contributed by atoms with van der Waals surface area (Å²) in [6.07, 6.45) is 1.87. The molecule has 0 aliphatic heterocycles. The monoisotopic (exact) mass is 209 g/mol. The van der Waals surface area contributed by atoms with Gasteiger partial charge in [0.1, 0.15) is 11.1 Å². The van der Waals surface area contributed by atoms with Gasteiger partial charge >= 0.3 is 0 Å². The van der Waals surface area contributed by atoms with E-state index in [1.807, 2.05) is 49.5 Å². The molecule has 0 radical (unpaired) electrons. The Morgan fingerprint density at radius 1 is 1.19 bits per heavy atom. The van der Waals surface area contributed by atoms with Crippen LogP contribution < -0.4 is 5.49 Å². The Balaban J connectivity index is 2.61. The molecule has 3 aromatic rings. The first-order chi connectivity index (χ1) is 7.75. The highest BCUT2D eigenvalue weighted by molar-refractivity contribution is 5.79. The molecule has 2 aromatic heterocycles. The van der Waals surface area contributed by atoms with Crippen molar-refractivity contribution < 1.29 is 0 Å². The van der Waals surface area contributed by atoms with Gasteiger partial charge in [-0.2, -0.15) is 0 Å². The molecule has 1 N–H and O–H groups in total. The molecule has 78 valence electrons. The molecule has 0 amide bonds. The zero-order valence-electron chi connectivity index (χ0n) is 8.94. The predicted octanol–water partition coefficient (Wildman–Crippen LogP) is 2.28. The summed E-state index contributed by atoms with van der Waals surface area (Å²) < 4.78 is 1.79. The van der Waals surface area contributed by atoms with E-state index in [0.29, 0.717) is 5.49 Å². The number of hydrogen-bond donors (Lipinski definition) is 1. The Labute approximate surface area is 92.5 Å². The van der Waals surface area contributed by atoms with Crippen LogP contribution in [0.1, 0.15) is 5.56 Å². The first-order valence-corrected chi connectivity index (χ1v) is 5.18. The molecule has 0 bridgehead atoms. The van der Waals surface area contributed by atoms with E-state index < -0.39 is 0 Å². The van der Waals surface area contributed by atoms with E-state index in [1.54, 1.807) is 4.40 Å². The van der Waals surface area contributed by atoms with Crippen molar-refractivity contribution in [2.75, 3.05) is 0 Å². The number of aromatic nitrogens is 2. The number of pyridine rings is 1. The molecule has 16 heavy (non-hydrogen) atoms. The van der Waals surface area contributed by atoms with Crippen molar-refractivity contribution in [3.63, 3.8) is 0 Å². The molecule has 1 aromatic carbocycles. The Kier molecular flexibility index (Phi) is 1.80. The summed E-state index contributed by atoms with van der Waals surface area (Å²) in [6, 6.07) is 11.7. The van der Waals surface area contributed by atoms with E-state index in [9.17, 15) is 0 Å². The van der Waals surface area contributed by atoms with Crippen LogP contribution in [0.5, 0.6) is 0 Å². The van der Waals surface area contributed by atoms with Gasteiger partial charge in [0.05, 0.1) is 5.52 Å². The minimum Gasteiger partial charge on any atom is -0.286 e. The summed E-state index contributed by atoms with van der Waals surface area (Å²) in [4.78, 5) is 4.54. The van der Waals surface area contributed by atoms with Crippen LogP contribution >= 0.6 is 0 Å². The number of aryl methyl sites for hydroxylation is 1. The zero-order chi connectivity index (χ0) is 11.1. The smallest absolute Gasteiger partial charge is 0.140 e. The minimum atomic E-state index is 0.487. The third-order valence-electron chi connectivity index (χ3n) is 2.72. The quantitative estimate of drug-likeness (QED) is 0.567. The van der Waals surface area contributed by atoms with Crippen LogP contribution in [-0.2, 0) is 0 Å². The average Bonchev–Trinajstić information content (AvgIpc) is 2.29. The van der Waals surface area contributed by atoms with Crippen LogP contribution in [0.25, 0.3) is 16.6 Å². The number of hydrogen-bond acceptors (Lipinski definition) is 2. The Bertz CT molecular complexity index is 741. The summed E-state index contributed by atoms with van der Waals surface area (Å²) in [5.74, 6) is 0. The highest BCUT2D eigenvalue weighted by Crippen LogP contribution is 2.11. The lowest BCUT2D eigenvalue weighted by Gasteiger charge is -2.04. The highest BCUT2D eigenvalue weighted by atomic mass is 15.0. The molecule has 0 aliphatic carbocycles. The van der Waals surface area contributed by atoms with Gasteiger partial charge in [-0.25, -0.2) is 4.98 Å². The summed E-state index contributed by atoms with van der Waals surface area (Å²) in [5.41, 5.74) is 3.35. The van der Waals surface area contributed by atoms with Crippen LogP contribution in [0.4, 0.5) is 0 Å². The van der Waals surface area contributed by atoms with Gasteiger partial charge in [0.25, 0.3) is 0 Å². The second-order valence-corrected chi connectivity index (χ2v) is 3.91. The lowest BCUT2D eigenvalue weighted by molar-refractivity contribution is 1.00. The summed E-state index contributed by atoms with van der Waals surface area (Å²) in [6.45, 7) is 2.03. The number of nitrogens with zero attached hydrogens (tertiary/aromatic N) is 2. The Morgan fingerprint density at radius 2 is 2.06 bits per heavy atom. The topological polar surface area (TPSA) is 41.2 Å². The first-order valence-electron chi connectivity index (χ1n) is 5.18. The maximum Gasteiger partial charge on any atom is 0.140 e. The molecular formula is C13H11N3. The standard InChI is InChI=1S/C13H11N3/c1-9-5-6-10-11(8-9)15-12-4-2-3-7-16(12)13(10)14/h2-8,14H,1H3. The van der Waals surface area contributed by atoms with Crippen molar-refractivity contribution in [1.82, 2.24) is 9.38 Å². The number of benzene rings is 1. The van der Waals surface area contributed by atoms with Gasteiger partial charge in [-0.3, -0.25) is 9.81 Å². The van der Waals surface area contributed by atoms with Crippen molar-refractivity contribution in [3.05, 3.63) is 53.6 Å². The van der Waals surface area contributed by atoms with Crippen LogP contribution in [0, 0.1) is 12.3 Å². The average molecular weight is 209 g/mol. The first kappa shape index (κ1) is 9.09. The van der Waals surface area contributed by atoms with E-state index in [1.165, 1.54) is 5.56 Å². The summed E-state index contributed by atoms with van der Waals surface area (Å²) in [5, 5.41) is 9.01. The summed E-state index contributed by atoms with van der Waals surface area (Å²) >= 11 is 0. The molecular weight excluding hydrogens is 198 g/mol. The van der Waals surface area contributed by atoms with Gasteiger partial charge in [-0.1, -0.05) is 12.1 Å². The SMILES string of the molecule is Cc1ccc2c(=N)n3ccccc3nc2c1. The fraction of sp³-hybridized carbons (Fsp3) is 0.0769. The number of rotatable bonds is 0. The Hall–Kier alpha value is -2.16. The number of fused-ring (bicyclic) bond motifs is 2. The van der Waals surface area contributed by atoms with Gasteiger partial charge in [0.15, 0.2) is 0 Å². The van der Waals surface area contributed by atoms with Crippen molar-refractivity contribution in [1.29, 1.82) is 5.41 Å². The van der Waals surface area contributed by atoms with Gasteiger partial charge in [0, 0.05) is 11.6 Å². The molecule has 0 fully saturated rings. The zero-order valence-corrected chi connectivity index (χ0v) is 8.94. The molecule has 0 unspecified atom stereocenters. The lowest BCUT2D eigenvalue weighted by atomic mass is 10.2. The van der Waals surface area contributed by atoms with Crippen molar-refractivity contribution in [2.24, 2.45) is 0 Å². The van der Waals surface area contributed by atoms with Crippen molar-refractivity contribution >= 4 is 16.6 Å². The fourth-order valence-electron chi connectivity index (χ4n) is 1.90. The Morgan fingerprint density at radius 3 is 2.94 bits per heavy atom. The molecule has 0 saturated heterocycles. The third kappa shape index (κ3) is 1.21. The fourth-order valence-corrected chi connectivity index (χ4v) is 1.90. The van der Waals surface area contributed by atoms with Gasteiger partial charge < -0.3 is 0 Å². The molecule has 0 aliphatic rings. The normalized spacial score (nSPS) is 11.1. The van der Waals surface area contributed by atoms with Crippen molar-refractivity contribution in [3.8, 4) is 0 Å². The molecule has 0 saturated carbocycles. The second kappa shape index (κ2) is 3.17. The molecule has 0 atom stereocenters. The maximum atomic E-state index is 8.13. The molecule has 0 spiro atoms.